The van der Waals surface area contributed by atoms with Crippen molar-refractivity contribution in [3.8, 4) is 0 Å². The Balaban J connectivity index is 0.00000320. The molecule has 1 aliphatic heterocycles. The molecule has 2 N–H and O–H groups in total. The van der Waals surface area contributed by atoms with Gasteiger partial charge in [0.15, 0.2) is 5.96 Å². The largest absolute Gasteiger partial charge is 0.359 e. The lowest BCUT2D eigenvalue weighted by atomic mass is 9.79. The number of hydrogen-bond donors (Lipinski definition) is 2. The fourth-order valence-corrected chi connectivity index (χ4v) is 4.88. The number of amides is 1. The van der Waals surface area contributed by atoms with Crippen LogP contribution in [0.3, 0.4) is 0 Å². The Morgan fingerprint density at radius 2 is 1.83 bits per heavy atom. The second-order valence-electron chi connectivity index (χ2n) is 8.47. The molecule has 0 aromatic heterocycles. The molecule has 0 atom stereocenters. The van der Waals surface area contributed by atoms with E-state index >= 15 is 0 Å². The molecule has 0 bridgehead atoms. The van der Waals surface area contributed by atoms with Crippen LogP contribution in [0.4, 0.5) is 0 Å². The zero-order valence-corrected chi connectivity index (χ0v) is 21.3. The van der Waals surface area contributed by atoms with Crippen molar-refractivity contribution in [2.75, 3.05) is 33.2 Å². The summed E-state index contributed by atoms with van der Waals surface area (Å²) in [5, 5.41) is 7.03. The second-order valence-corrected chi connectivity index (χ2v) is 8.91. The van der Waals surface area contributed by atoms with E-state index in [0.717, 1.165) is 50.0 Å². The first kappa shape index (κ1) is 25.2. The Kier molecular flexibility index (Phi) is 10.2. The maximum absolute atomic E-state index is 11.7. The quantitative estimate of drug-likeness (QED) is 0.312. The molecule has 5 nitrogen and oxygen atoms in total. The summed E-state index contributed by atoms with van der Waals surface area (Å²) in [6.07, 6.45) is 7.62. The number of piperidine rings is 1. The van der Waals surface area contributed by atoms with Crippen molar-refractivity contribution in [3.05, 3.63) is 34.9 Å². The molecule has 0 radical (unpaired) electrons. The zero-order valence-electron chi connectivity index (χ0n) is 18.3. The smallest absolute Gasteiger partial charge is 0.220 e. The SMILES string of the molecule is CCNC(=NCC1(c2ccc(Cl)cc2)CCCC1)N1CCC(CC(=O)NC)CC1.I. The van der Waals surface area contributed by atoms with Gasteiger partial charge in [-0.2, -0.15) is 0 Å². The molecule has 7 heteroatoms. The Labute approximate surface area is 203 Å². The molecule has 3 rings (SSSR count). The molecule has 1 aliphatic carbocycles. The third kappa shape index (κ3) is 6.49. The standard InChI is InChI=1S/C23H35ClN4O.HI/c1-3-26-22(28-14-10-18(11-15-28)16-21(29)25-2)27-17-23(12-4-5-13-23)19-6-8-20(24)9-7-19;/h6-9,18H,3-5,10-17H2,1-2H3,(H,25,29)(H,26,27);1H. The Morgan fingerprint density at radius 3 is 2.40 bits per heavy atom. The number of aliphatic imine (C=N–C) groups is 1. The first-order valence-electron chi connectivity index (χ1n) is 11.1. The van der Waals surface area contributed by atoms with E-state index in [-0.39, 0.29) is 35.3 Å². The number of carbonyl (C=O) groups is 1. The lowest BCUT2D eigenvalue weighted by Crippen LogP contribution is -2.46. The second kappa shape index (κ2) is 12.1. The van der Waals surface area contributed by atoms with E-state index in [1.807, 2.05) is 12.1 Å². The van der Waals surface area contributed by atoms with Gasteiger partial charge in [-0.1, -0.05) is 36.6 Å². The van der Waals surface area contributed by atoms with Gasteiger partial charge >= 0.3 is 0 Å². The predicted octanol–water partition coefficient (Wildman–Crippen LogP) is 4.58. The Morgan fingerprint density at radius 1 is 1.20 bits per heavy atom. The van der Waals surface area contributed by atoms with E-state index in [4.69, 9.17) is 16.6 Å². The summed E-state index contributed by atoms with van der Waals surface area (Å²) in [5.74, 6) is 1.64. The van der Waals surface area contributed by atoms with Crippen molar-refractivity contribution in [1.82, 2.24) is 15.5 Å². The number of halogens is 2. The van der Waals surface area contributed by atoms with Gasteiger partial charge < -0.3 is 15.5 Å². The summed E-state index contributed by atoms with van der Waals surface area (Å²) in [6, 6.07) is 8.37. The van der Waals surface area contributed by atoms with Crippen molar-refractivity contribution in [2.24, 2.45) is 10.9 Å². The van der Waals surface area contributed by atoms with Gasteiger partial charge in [0.25, 0.3) is 0 Å². The first-order chi connectivity index (χ1) is 14.1. The third-order valence-electron chi connectivity index (χ3n) is 6.55. The van der Waals surface area contributed by atoms with Gasteiger partial charge in [0.2, 0.25) is 5.91 Å². The van der Waals surface area contributed by atoms with Crippen LogP contribution < -0.4 is 10.6 Å². The highest BCUT2D eigenvalue weighted by atomic mass is 127. The van der Waals surface area contributed by atoms with Crippen molar-refractivity contribution in [2.45, 2.75) is 57.3 Å². The van der Waals surface area contributed by atoms with Crippen LogP contribution in [0.5, 0.6) is 0 Å². The molecule has 2 fully saturated rings. The minimum Gasteiger partial charge on any atom is -0.359 e. The minimum absolute atomic E-state index is 0. The van der Waals surface area contributed by atoms with E-state index in [0.29, 0.717) is 12.3 Å². The highest BCUT2D eigenvalue weighted by molar-refractivity contribution is 14.0. The minimum atomic E-state index is 0. The number of nitrogens with zero attached hydrogens (tertiary/aromatic N) is 2. The number of benzene rings is 1. The molecule has 1 amide bonds. The maximum atomic E-state index is 11.7. The van der Waals surface area contributed by atoms with Crippen LogP contribution in [0.2, 0.25) is 5.02 Å². The van der Waals surface area contributed by atoms with Gasteiger partial charge in [0, 0.05) is 43.5 Å². The molecule has 1 heterocycles. The van der Waals surface area contributed by atoms with Gasteiger partial charge in [-0.3, -0.25) is 9.79 Å². The average Bonchev–Trinajstić information content (AvgIpc) is 3.22. The van der Waals surface area contributed by atoms with E-state index in [1.54, 1.807) is 7.05 Å². The molecule has 1 saturated heterocycles. The van der Waals surface area contributed by atoms with E-state index in [9.17, 15) is 4.79 Å². The van der Waals surface area contributed by atoms with E-state index < -0.39 is 0 Å². The number of guanidine groups is 1. The predicted molar refractivity (Wildman–Crippen MR) is 136 cm³/mol. The van der Waals surface area contributed by atoms with Gasteiger partial charge in [0.05, 0.1) is 6.54 Å². The molecule has 2 aliphatic rings. The van der Waals surface area contributed by atoms with Gasteiger partial charge in [0.1, 0.15) is 0 Å². The van der Waals surface area contributed by atoms with Crippen LogP contribution in [0.15, 0.2) is 29.3 Å². The zero-order chi connectivity index (χ0) is 20.7. The first-order valence-corrected chi connectivity index (χ1v) is 11.4. The maximum Gasteiger partial charge on any atom is 0.220 e. The van der Waals surface area contributed by atoms with Gasteiger partial charge in [-0.25, -0.2) is 0 Å². The molecule has 0 spiro atoms. The van der Waals surface area contributed by atoms with Crippen LogP contribution in [0.25, 0.3) is 0 Å². The van der Waals surface area contributed by atoms with Gasteiger partial charge in [-0.15, -0.1) is 24.0 Å². The van der Waals surface area contributed by atoms with Crippen LogP contribution >= 0.6 is 35.6 Å². The number of nitrogens with one attached hydrogen (secondary N) is 2. The van der Waals surface area contributed by atoms with Crippen LogP contribution in [-0.4, -0.2) is 50.0 Å². The highest BCUT2D eigenvalue weighted by Gasteiger charge is 2.36. The normalized spacial score (nSPS) is 19.3. The number of hydrogen-bond acceptors (Lipinski definition) is 2. The molecule has 1 aromatic carbocycles. The van der Waals surface area contributed by atoms with Crippen molar-refractivity contribution in [3.63, 3.8) is 0 Å². The van der Waals surface area contributed by atoms with Crippen molar-refractivity contribution in [1.29, 1.82) is 0 Å². The molecule has 1 saturated carbocycles. The topological polar surface area (TPSA) is 56.7 Å². The summed E-state index contributed by atoms with van der Waals surface area (Å²) in [6.45, 7) is 5.72. The summed E-state index contributed by atoms with van der Waals surface area (Å²) in [4.78, 5) is 19.2. The Hall–Kier alpha value is -1.02. The molecule has 30 heavy (non-hydrogen) atoms. The lowest BCUT2D eigenvalue weighted by Gasteiger charge is -2.35. The summed E-state index contributed by atoms with van der Waals surface area (Å²) in [7, 11) is 1.72. The summed E-state index contributed by atoms with van der Waals surface area (Å²) < 4.78 is 0. The molecule has 1 aromatic rings. The third-order valence-corrected chi connectivity index (χ3v) is 6.80. The van der Waals surface area contributed by atoms with Crippen LogP contribution in [0.1, 0.15) is 57.4 Å². The fraction of sp³-hybridized carbons (Fsp3) is 0.652. The number of carbonyl (C=O) groups excluding carboxylic acids is 1. The molecular weight excluding hydrogens is 511 g/mol. The summed E-state index contributed by atoms with van der Waals surface area (Å²) in [5.41, 5.74) is 1.49. The van der Waals surface area contributed by atoms with Crippen LogP contribution in [0, 0.1) is 5.92 Å². The molecule has 0 unspecified atom stereocenters. The van der Waals surface area contributed by atoms with Gasteiger partial charge in [-0.05, 0) is 56.2 Å². The van der Waals surface area contributed by atoms with E-state index in [1.165, 1.54) is 31.2 Å². The lowest BCUT2D eigenvalue weighted by molar-refractivity contribution is -0.121. The number of likely N-dealkylation sites (tertiary alicyclic amines) is 1. The Bertz CT molecular complexity index is 696. The molecular formula is C23H36ClIN4O. The van der Waals surface area contributed by atoms with E-state index in [2.05, 4.69) is 34.6 Å². The monoisotopic (exact) mass is 546 g/mol. The van der Waals surface area contributed by atoms with Crippen molar-refractivity contribution < 1.29 is 4.79 Å². The van der Waals surface area contributed by atoms with Crippen LogP contribution in [-0.2, 0) is 10.2 Å². The summed E-state index contributed by atoms with van der Waals surface area (Å²) >= 11 is 6.12. The average molecular weight is 547 g/mol. The number of rotatable bonds is 6. The molecule has 168 valence electrons. The highest BCUT2D eigenvalue weighted by Crippen LogP contribution is 2.41. The van der Waals surface area contributed by atoms with Crippen molar-refractivity contribution >= 4 is 47.4 Å². The fourth-order valence-electron chi connectivity index (χ4n) is 4.76.